The summed E-state index contributed by atoms with van der Waals surface area (Å²) in [5, 5.41) is 10.9. The quantitative estimate of drug-likeness (QED) is 0.714. The molecule has 8 heteroatoms. The van der Waals surface area contributed by atoms with Gasteiger partial charge in [0.1, 0.15) is 13.2 Å². The molecular weight excluding hydrogens is 412 g/mol. The molecule has 1 atom stereocenters. The van der Waals surface area contributed by atoms with Gasteiger partial charge in [-0.05, 0) is 63.4 Å². The Morgan fingerprint density at radius 1 is 1.00 bits per heavy atom. The number of carbonyl (C=O) groups is 3. The zero-order valence-corrected chi connectivity index (χ0v) is 18.5. The number of carbonyl (C=O) groups excluding carboxylic acids is 3. The summed E-state index contributed by atoms with van der Waals surface area (Å²) >= 11 is 0. The number of aliphatic hydroxyl groups is 1. The Balaban J connectivity index is 1.23. The van der Waals surface area contributed by atoms with E-state index in [4.69, 9.17) is 9.47 Å². The van der Waals surface area contributed by atoms with Crippen molar-refractivity contribution in [3.63, 3.8) is 0 Å². The van der Waals surface area contributed by atoms with Crippen LogP contribution in [0.2, 0.25) is 0 Å². The van der Waals surface area contributed by atoms with Crippen LogP contribution in [0.5, 0.6) is 0 Å². The highest BCUT2D eigenvalue weighted by Crippen LogP contribution is 2.44. The van der Waals surface area contributed by atoms with Gasteiger partial charge >= 0.3 is 11.9 Å². The number of rotatable bonds is 4. The number of esters is 2. The summed E-state index contributed by atoms with van der Waals surface area (Å²) in [4.78, 5) is 40.7. The van der Waals surface area contributed by atoms with E-state index in [1.54, 1.807) is 17.9 Å². The maximum absolute atomic E-state index is 13.3. The molecule has 0 aromatic heterocycles. The molecule has 0 radical (unpaired) electrons. The largest absolute Gasteiger partial charge is 0.457 e. The number of piperidine rings is 1. The Labute approximate surface area is 186 Å². The topological polar surface area (TPSA) is 96.4 Å². The van der Waals surface area contributed by atoms with E-state index in [-0.39, 0.29) is 36.5 Å². The average Bonchev–Trinajstić information content (AvgIpc) is 3.42. The first-order valence-corrected chi connectivity index (χ1v) is 11.2. The lowest BCUT2D eigenvalue weighted by Crippen LogP contribution is -2.45. The van der Waals surface area contributed by atoms with E-state index in [1.807, 2.05) is 13.0 Å². The lowest BCUT2D eigenvalue weighted by atomic mass is 9.77. The third-order valence-corrected chi connectivity index (χ3v) is 7.73. The Morgan fingerprint density at radius 3 is 2.38 bits per heavy atom. The molecule has 4 aliphatic heterocycles. The van der Waals surface area contributed by atoms with Crippen LogP contribution in [0.15, 0.2) is 23.4 Å². The minimum atomic E-state index is -0.671. The number of hydrogen-bond donors (Lipinski definition) is 1. The summed E-state index contributed by atoms with van der Waals surface area (Å²) in [6.45, 7) is 6.65. The molecule has 0 aliphatic carbocycles. The maximum Gasteiger partial charge on any atom is 0.338 e. The maximum atomic E-state index is 13.3. The molecule has 4 heterocycles. The second-order valence-corrected chi connectivity index (χ2v) is 9.33. The van der Waals surface area contributed by atoms with Crippen molar-refractivity contribution in [2.75, 3.05) is 32.8 Å². The van der Waals surface area contributed by atoms with Crippen molar-refractivity contribution in [3.05, 3.63) is 45.7 Å². The normalized spacial score (nSPS) is 23.7. The van der Waals surface area contributed by atoms with E-state index >= 15 is 0 Å². The molecule has 32 heavy (non-hydrogen) atoms. The van der Waals surface area contributed by atoms with Gasteiger partial charge in [-0.25, -0.2) is 9.59 Å². The fourth-order valence-corrected chi connectivity index (χ4v) is 5.53. The molecule has 1 N–H and O–H groups in total. The Kier molecular flexibility index (Phi) is 5.09. The summed E-state index contributed by atoms with van der Waals surface area (Å²) in [5.74, 6) is -0.542. The molecular formula is C24H28N2O6. The van der Waals surface area contributed by atoms with Gasteiger partial charge < -0.3 is 24.4 Å². The molecule has 0 bridgehead atoms. The Bertz CT molecular complexity index is 1040. The van der Waals surface area contributed by atoms with E-state index in [1.165, 1.54) is 0 Å². The third-order valence-electron chi connectivity index (χ3n) is 7.73. The monoisotopic (exact) mass is 440 g/mol. The van der Waals surface area contributed by atoms with E-state index in [0.29, 0.717) is 29.9 Å². The van der Waals surface area contributed by atoms with Crippen molar-refractivity contribution >= 4 is 17.8 Å². The number of hydrogen-bond acceptors (Lipinski definition) is 7. The van der Waals surface area contributed by atoms with Crippen LogP contribution >= 0.6 is 0 Å². The number of β-amino-alcohol motifs (C(OH)–C–C–N with tert-alkyl or cyclic N) is 1. The van der Waals surface area contributed by atoms with Crippen LogP contribution < -0.4 is 0 Å². The fourth-order valence-electron chi connectivity index (χ4n) is 5.53. The standard InChI is InChI=1S/C24H28N2O6/c1-14-16(3-4-17-18(14)12-31-22(17)29)20(27)11-25-8-5-24(6-9-25)7-10-26(23(24)30)19-13-32-21(28)15(19)2/h3-4,20,27H,5-13H2,1-2H3. The van der Waals surface area contributed by atoms with Crippen molar-refractivity contribution in [2.24, 2.45) is 5.41 Å². The Hall–Kier alpha value is -2.71. The molecule has 1 aromatic rings. The first-order valence-electron chi connectivity index (χ1n) is 11.2. The lowest BCUT2D eigenvalue weighted by Gasteiger charge is -2.38. The number of ether oxygens (including phenoxy) is 2. The summed E-state index contributed by atoms with van der Waals surface area (Å²) in [6, 6.07) is 3.55. The highest BCUT2D eigenvalue weighted by molar-refractivity contribution is 5.94. The first-order chi connectivity index (χ1) is 15.3. The molecule has 2 fully saturated rings. The van der Waals surface area contributed by atoms with Crippen LogP contribution in [-0.4, -0.2) is 65.5 Å². The second kappa shape index (κ2) is 7.71. The zero-order chi connectivity index (χ0) is 22.6. The van der Waals surface area contributed by atoms with Gasteiger partial charge in [-0.3, -0.25) is 4.79 Å². The van der Waals surface area contributed by atoms with Crippen LogP contribution in [0.25, 0.3) is 0 Å². The minimum absolute atomic E-state index is 0.101. The number of fused-ring (bicyclic) bond motifs is 1. The smallest absolute Gasteiger partial charge is 0.338 e. The number of benzene rings is 1. The Morgan fingerprint density at radius 2 is 1.69 bits per heavy atom. The van der Waals surface area contributed by atoms with Gasteiger partial charge in [0.25, 0.3) is 0 Å². The molecule has 4 aliphatic rings. The van der Waals surface area contributed by atoms with Crippen LogP contribution in [0.3, 0.4) is 0 Å². The third kappa shape index (κ3) is 3.24. The van der Waals surface area contributed by atoms with E-state index in [9.17, 15) is 19.5 Å². The van der Waals surface area contributed by atoms with Gasteiger partial charge in [0, 0.05) is 18.7 Å². The van der Waals surface area contributed by atoms with Crippen molar-refractivity contribution < 1.29 is 29.0 Å². The van der Waals surface area contributed by atoms with E-state index < -0.39 is 6.10 Å². The molecule has 1 unspecified atom stereocenters. The number of nitrogens with zero attached hydrogens (tertiary/aromatic N) is 2. The van der Waals surface area contributed by atoms with Crippen LogP contribution in [0.4, 0.5) is 0 Å². The van der Waals surface area contributed by atoms with Crippen LogP contribution in [0.1, 0.15) is 59.3 Å². The number of aliphatic hydroxyl groups excluding tert-OH is 1. The fraction of sp³-hybridized carbons (Fsp3) is 0.542. The predicted molar refractivity (Wildman–Crippen MR) is 113 cm³/mol. The van der Waals surface area contributed by atoms with Crippen molar-refractivity contribution in [3.8, 4) is 0 Å². The molecule has 1 aromatic carbocycles. The molecule has 1 amide bonds. The SMILES string of the molecule is CC1=C(N2CCC3(CCN(CC(O)c4ccc5c(c4C)COC5=O)CC3)C2=O)COC1=O. The summed E-state index contributed by atoms with van der Waals surface area (Å²) in [6.07, 6.45) is 1.59. The summed E-state index contributed by atoms with van der Waals surface area (Å²) in [7, 11) is 0. The van der Waals surface area contributed by atoms with Crippen LogP contribution in [-0.2, 0) is 25.7 Å². The highest BCUT2D eigenvalue weighted by Gasteiger charge is 2.50. The van der Waals surface area contributed by atoms with Crippen LogP contribution in [0, 0.1) is 12.3 Å². The second-order valence-electron chi connectivity index (χ2n) is 9.33. The zero-order valence-electron chi connectivity index (χ0n) is 18.5. The number of amides is 1. The van der Waals surface area contributed by atoms with Crippen molar-refractivity contribution in [1.29, 1.82) is 0 Å². The number of likely N-dealkylation sites (tertiary alicyclic amines) is 2. The first kappa shape index (κ1) is 21.2. The van der Waals surface area contributed by atoms with Gasteiger partial charge in [0.2, 0.25) is 5.91 Å². The van der Waals surface area contributed by atoms with Gasteiger partial charge in [-0.1, -0.05) is 6.07 Å². The number of cyclic esters (lactones) is 2. The van der Waals surface area contributed by atoms with Gasteiger partial charge in [0.15, 0.2) is 0 Å². The highest BCUT2D eigenvalue weighted by atomic mass is 16.5. The molecule has 8 nitrogen and oxygen atoms in total. The molecule has 5 rings (SSSR count). The van der Waals surface area contributed by atoms with E-state index in [2.05, 4.69) is 4.90 Å². The molecule has 2 saturated heterocycles. The molecule has 170 valence electrons. The van der Waals surface area contributed by atoms with Crippen molar-refractivity contribution in [2.45, 2.75) is 45.8 Å². The van der Waals surface area contributed by atoms with Crippen molar-refractivity contribution in [1.82, 2.24) is 9.80 Å². The van der Waals surface area contributed by atoms with E-state index in [0.717, 1.165) is 49.0 Å². The lowest BCUT2D eigenvalue weighted by molar-refractivity contribution is -0.138. The summed E-state index contributed by atoms with van der Waals surface area (Å²) in [5.41, 5.74) is 4.03. The minimum Gasteiger partial charge on any atom is -0.457 e. The van der Waals surface area contributed by atoms with Gasteiger partial charge in [0.05, 0.1) is 28.4 Å². The average molecular weight is 440 g/mol. The molecule has 0 saturated carbocycles. The van der Waals surface area contributed by atoms with Gasteiger partial charge in [-0.2, -0.15) is 0 Å². The van der Waals surface area contributed by atoms with Gasteiger partial charge in [-0.15, -0.1) is 0 Å². The predicted octanol–water partition coefficient (Wildman–Crippen LogP) is 1.84. The summed E-state index contributed by atoms with van der Waals surface area (Å²) < 4.78 is 10.2. The molecule has 1 spiro atoms.